The molecule has 5 rings (SSSR count). The third-order valence-electron chi connectivity index (χ3n) is 10.6. The summed E-state index contributed by atoms with van der Waals surface area (Å²) in [4.78, 5) is 12.3. The lowest BCUT2D eigenvalue weighted by atomic mass is 9.44. The predicted octanol–water partition coefficient (Wildman–Crippen LogP) is 6.30. The third-order valence-corrected chi connectivity index (χ3v) is 10.6. The van der Waals surface area contributed by atoms with Gasteiger partial charge in [-0.1, -0.05) is 25.7 Å². The van der Waals surface area contributed by atoms with E-state index >= 15 is 0 Å². The van der Waals surface area contributed by atoms with Crippen molar-refractivity contribution in [2.75, 3.05) is 0 Å². The van der Waals surface area contributed by atoms with Crippen molar-refractivity contribution in [3.8, 4) is 11.8 Å². The van der Waals surface area contributed by atoms with Gasteiger partial charge in [0.2, 0.25) is 0 Å². The summed E-state index contributed by atoms with van der Waals surface area (Å²) in [6.45, 7) is 6.59. The van der Waals surface area contributed by atoms with Crippen molar-refractivity contribution in [3.63, 3.8) is 0 Å². The number of carbonyl (C=O) groups excluding carboxylic acids is 1. The minimum atomic E-state index is -1.12. The molecule has 4 aliphatic carbocycles. The van der Waals surface area contributed by atoms with Crippen LogP contribution >= 0.6 is 0 Å². The van der Waals surface area contributed by atoms with Gasteiger partial charge in [0, 0.05) is 12.0 Å². The van der Waals surface area contributed by atoms with E-state index in [0.717, 1.165) is 31.7 Å². The number of benzene rings is 1. The molecule has 0 amide bonds. The minimum absolute atomic E-state index is 0.134. The molecule has 0 bridgehead atoms. The van der Waals surface area contributed by atoms with Crippen molar-refractivity contribution in [1.29, 1.82) is 0 Å². The van der Waals surface area contributed by atoms with Gasteiger partial charge < -0.3 is 5.11 Å². The largest absolute Gasteiger partial charge is 0.378 e. The molecule has 1 N–H and O–H groups in total. The number of carbonyl (C=O) groups is 1. The highest BCUT2D eigenvalue weighted by atomic mass is 19.1. The molecule has 4 saturated carbocycles. The van der Waals surface area contributed by atoms with Crippen molar-refractivity contribution < 1.29 is 18.7 Å². The summed E-state index contributed by atoms with van der Waals surface area (Å²) in [5, 5.41) is 11.3. The third kappa shape index (κ3) is 3.66. The Kier molecular flexibility index (Phi) is 5.52. The zero-order valence-electron chi connectivity index (χ0n) is 20.1. The second-order valence-electron chi connectivity index (χ2n) is 12.1. The van der Waals surface area contributed by atoms with E-state index in [-0.39, 0.29) is 22.3 Å². The second-order valence-corrected chi connectivity index (χ2v) is 12.1. The molecule has 4 fully saturated rings. The Morgan fingerprint density at radius 3 is 2.48 bits per heavy atom. The number of halogens is 2. The zero-order chi connectivity index (χ0) is 23.6. The first-order chi connectivity index (χ1) is 15.6. The average molecular weight is 455 g/mol. The van der Waals surface area contributed by atoms with Crippen LogP contribution in [0.3, 0.4) is 0 Å². The molecular weight excluding hydrogens is 418 g/mol. The normalized spacial score (nSPS) is 44.1. The molecule has 1 aromatic carbocycles. The molecule has 4 heteroatoms. The number of aliphatic hydroxyl groups is 1. The molecule has 0 aliphatic heterocycles. The predicted molar refractivity (Wildman–Crippen MR) is 124 cm³/mol. The topological polar surface area (TPSA) is 37.3 Å². The molecule has 0 saturated heterocycles. The number of ketones is 1. The van der Waals surface area contributed by atoms with Crippen molar-refractivity contribution in [2.45, 2.75) is 84.2 Å². The first kappa shape index (κ1) is 23.0. The fourth-order valence-electron chi connectivity index (χ4n) is 8.80. The summed E-state index contributed by atoms with van der Waals surface area (Å²) in [6.07, 6.45) is 8.96. The van der Waals surface area contributed by atoms with Gasteiger partial charge in [-0.2, -0.15) is 0 Å². The second kappa shape index (κ2) is 7.91. The van der Waals surface area contributed by atoms with E-state index in [1.54, 1.807) is 6.92 Å². The lowest BCUT2D eigenvalue weighted by Gasteiger charge is -2.61. The monoisotopic (exact) mass is 454 g/mol. The summed E-state index contributed by atoms with van der Waals surface area (Å²) >= 11 is 0. The number of fused-ring (bicyclic) bond motifs is 5. The SMILES string of the molecule is CC(=O)[C@H]1CC[C@H]2[C@@H]3CC[C@@H]4C[C@@](O)(C#Cc5ccc(F)cc5F)CC[C@]4(C)[C@H]3CC[C@]12C. The molecule has 1 aromatic rings. The smallest absolute Gasteiger partial charge is 0.141 e. The first-order valence-electron chi connectivity index (χ1n) is 12.8. The molecule has 0 spiro atoms. The molecule has 4 aliphatic rings. The Morgan fingerprint density at radius 2 is 1.76 bits per heavy atom. The summed E-state index contributed by atoms with van der Waals surface area (Å²) in [5.41, 5.74) is -0.632. The Morgan fingerprint density at radius 1 is 1.00 bits per heavy atom. The lowest BCUT2D eigenvalue weighted by molar-refractivity contribution is -0.144. The number of hydrogen-bond donors (Lipinski definition) is 1. The Balaban J connectivity index is 1.35. The minimum Gasteiger partial charge on any atom is -0.378 e. The number of hydrogen-bond acceptors (Lipinski definition) is 2. The van der Waals surface area contributed by atoms with Crippen LogP contribution in [0.2, 0.25) is 0 Å². The van der Waals surface area contributed by atoms with Gasteiger partial charge in [0.1, 0.15) is 23.0 Å². The van der Waals surface area contributed by atoms with E-state index in [1.165, 1.54) is 31.4 Å². The van der Waals surface area contributed by atoms with Gasteiger partial charge in [-0.05, 0) is 111 Å². The van der Waals surface area contributed by atoms with Crippen molar-refractivity contribution in [1.82, 2.24) is 0 Å². The molecule has 0 radical (unpaired) electrons. The van der Waals surface area contributed by atoms with Crippen LogP contribution in [0.1, 0.15) is 84.1 Å². The summed E-state index contributed by atoms with van der Waals surface area (Å²) in [7, 11) is 0. The van der Waals surface area contributed by atoms with Crippen LogP contribution in [0, 0.1) is 63.9 Å². The van der Waals surface area contributed by atoms with E-state index in [4.69, 9.17) is 0 Å². The first-order valence-corrected chi connectivity index (χ1v) is 12.8. The standard InChI is InChI=1S/C29H36F2O2/c1-18(32)23-8-9-24-22-7-5-20-17-29(33,13-10-19-4-6-21(30)16-26(19)31)15-14-27(20,2)25(22)11-12-28(23,24)3/h4,6,16,20,22-25,33H,5,7-9,11-12,14-15,17H2,1-3H3/t20-,22+,23-,24+,25+,27+,28-,29-/m1/s1. The van der Waals surface area contributed by atoms with E-state index in [0.29, 0.717) is 42.3 Å². The zero-order valence-corrected chi connectivity index (χ0v) is 20.1. The number of rotatable bonds is 1. The van der Waals surface area contributed by atoms with Crippen LogP contribution in [0.5, 0.6) is 0 Å². The summed E-state index contributed by atoms with van der Waals surface area (Å²) in [5.74, 6) is 7.42. The molecule has 0 heterocycles. The van der Waals surface area contributed by atoms with E-state index < -0.39 is 17.2 Å². The van der Waals surface area contributed by atoms with Crippen molar-refractivity contribution in [2.24, 2.45) is 40.4 Å². The summed E-state index contributed by atoms with van der Waals surface area (Å²) < 4.78 is 27.2. The fourth-order valence-corrected chi connectivity index (χ4v) is 8.80. The highest BCUT2D eigenvalue weighted by Crippen LogP contribution is 2.68. The van der Waals surface area contributed by atoms with Crippen LogP contribution in [0.25, 0.3) is 0 Å². The fraction of sp³-hybridized carbons (Fsp3) is 0.690. The quantitative estimate of drug-likeness (QED) is 0.506. The van der Waals surface area contributed by atoms with Crippen LogP contribution in [-0.2, 0) is 4.79 Å². The van der Waals surface area contributed by atoms with Gasteiger partial charge in [0.15, 0.2) is 0 Å². The highest BCUT2D eigenvalue weighted by molar-refractivity contribution is 5.79. The Bertz CT molecular complexity index is 1020. The Hall–Kier alpha value is -1.73. The van der Waals surface area contributed by atoms with Gasteiger partial charge in [0.05, 0.1) is 5.56 Å². The maximum absolute atomic E-state index is 14.0. The maximum Gasteiger partial charge on any atom is 0.141 e. The van der Waals surface area contributed by atoms with Gasteiger partial charge in [-0.15, -0.1) is 0 Å². The summed E-state index contributed by atoms with van der Waals surface area (Å²) in [6, 6.07) is 3.38. The van der Waals surface area contributed by atoms with Crippen molar-refractivity contribution >= 4 is 5.78 Å². The molecule has 33 heavy (non-hydrogen) atoms. The van der Waals surface area contributed by atoms with Crippen LogP contribution in [0.4, 0.5) is 8.78 Å². The molecule has 0 aromatic heterocycles. The van der Waals surface area contributed by atoms with E-state index in [2.05, 4.69) is 25.7 Å². The van der Waals surface area contributed by atoms with E-state index in [1.807, 2.05) is 0 Å². The maximum atomic E-state index is 14.0. The van der Waals surface area contributed by atoms with Gasteiger partial charge in [-0.3, -0.25) is 4.79 Å². The highest BCUT2D eigenvalue weighted by Gasteiger charge is 2.61. The molecule has 0 unspecified atom stereocenters. The Labute approximate surface area is 196 Å². The van der Waals surface area contributed by atoms with Gasteiger partial charge in [-0.25, -0.2) is 8.78 Å². The molecule has 178 valence electrons. The van der Waals surface area contributed by atoms with Crippen molar-refractivity contribution in [3.05, 3.63) is 35.4 Å². The number of Topliss-reactive ketones (excluding diaryl/α,β-unsaturated/α-hetero) is 1. The van der Waals surface area contributed by atoms with Gasteiger partial charge >= 0.3 is 0 Å². The van der Waals surface area contributed by atoms with Crippen LogP contribution in [0.15, 0.2) is 18.2 Å². The molecule has 8 atom stereocenters. The molecular formula is C29H36F2O2. The van der Waals surface area contributed by atoms with Gasteiger partial charge in [0.25, 0.3) is 0 Å². The van der Waals surface area contributed by atoms with Crippen LogP contribution < -0.4 is 0 Å². The van der Waals surface area contributed by atoms with E-state index in [9.17, 15) is 18.7 Å². The van der Waals surface area contributed by atoms with Crippen LogP contribution in [-0.4, -0.2) is 16.5 Å². The average Bonchev–Trinajstić information content (AvgIpc) is 3.11. The molecule has 2 nitrogen and oxygen atoms in total. The lowest BCUT2D eigenvalue weighted by Crippen LogP contribution is -2.56.